The molecule has 1 N–H and O–H groups in total. The summed E-state index contributed by atoms with van der Waals surface area (Å²) in [7, 11) is 0. The molecule has 2 heterocycles. The average molecular weight is 293 g/mol. The van der Waals surface area contributed by atoms with Crippen LogP contribution in [0.1, 0.15) is 30.6 Å². The number of aryl methyl sites for hydroxylation is 1. The molecule has 0 saturated heterocycles. The van der Waals surface area contributed by atoms with Gasteiger partial charge in [-0.1, -0.05) is 24.8 Å². The fraction of sp³-hybridized carbons (Fsp3) is 0.500. The molecule has 0 aliphatic carbocycles. The summed E-state index contributed by atoms with van der Waals surface area (Å²) in [6.07, 6.45) is 2.61. The molecule has 0 saturated carbocycles. The van der Waals surface area contributed by atoms with Gasteiger partial charge >= 0.3 is 0 Å². The maximum absolute atomic E-state index is 12.5. The van der Waals surface area contributed by atoms with Crippen molar-refractivity contribution >= 4 is 17.7 Å². The first-order valence-electron chi connectivity index (χ1n) is 6.70. The molecule has 0 fully saturated rings. The molecule has 1 amide bonds. The van der Waals surface area contributed by atoms with Gasteiger partial charge in [0.1, 0.15) is 0 Å². The first kappa shape index (κ1) is 14.8. The smallest absolute Gasteiger partial charge is 0.257 e. The number of nitrogens with zero attached hydrogens (tertiary/aromatic N) is 2. The largest absolute Gasteiger partial charge is 0.353 e. The third-order valence-electron chi connectivity index (χ3n) is 3.37. The van der Waals surface area contributed by atoms with E-state index in [9.17, 15) is 9.59 Å². The number of aromatic nitrogens is 2. The number of amides is 1. The van der Waals surface area contributed by atoms with Gasteiger partial charge in [-0.3, -0.25) is 14.2 Å². The van der Waals surface area contributed by atoms with Crippen molar-refractivity contribution in [2.24, 2.45) is 0 Å². The van der Waals surface area contributed by atoms with E-state index >= 15 is 0 Å². The summed E-state index contributed by atoms with van der Waals surface area (Å²) in [4.78, 5) is 28.8. The van der Waals surface area contributed by atoms with Crippen molar-refractivity contribution in [3.63, 3.8) is 0 Å². The molecule has 0 aromatic carbocycles. The molecule has 1 aliphatic heterocycles. The minimum absolute atomic E-state index is 0.00141. The molecule has 1 unspecified atom stereocenters. The molecular weight excluding hydrogens is 274 g/mol. The predicted octanol–water partition coefficient (Wildman–Crippen LogP) is 1.45. The van der Waals surface area contributed by atoms with Gasteiger partial charge in [0.2, 0.25) is 5.91 Å². The average Bonchev–Trinajstić information content (AvgIpc) is 2.79. The molecule has 1 aromatic heterocycles. The van der Waals surface area contributed by atoms with Crippen LogP contribution in [-0.4, -0.2) is 27.8 Å². The molecule has 0 radical (unpaired) electrons. The van der Waals surface area contributed by atoms with Crippen molar-refractivity contribution in [2.45, 2.75) is 37.9 Å². The Morgan fingerprint density at radius 3 is 3.05 bits per heavy atom. The van der Waals surface area contributed by atoms with E-state index < -0.39 is 0 Å². The summed E-state index contributed by atoms with van der Waals surface area (Å²) in [5.74, 6) is 0.657. The zero-order valence-corrected chi connectivity index (χ0v) is 12.6. The van der Waals surface area contributed by atoms with E-state index in [0.717, 1.165) is 22.2 Å². The number of hydrogen-bond acceptors (Lipinski definition) is 4. The third-order valence-corrected chi connectivity index (χ3v) is 4.47. The number of carbonyl (C=O) groups excluding carboxylic acids is 1. The number of carbonyl (C=O) groups is 1. The second-order valence-electron chi connectivity index (χ2n) is 4.75. The van der Waals surface area contributed by atoms with E-state index in [4.69, 9.17) is 0 Å². The highest BCUT2D eigenvalue weighted by Gasteiger charge is 2.28. The minimum atomic E-state index is -0.106. The normalized spacial score (nSPS) is 16.8. The van der Waals surface area contributed by atoms with E-state index in [2.05, 4.69) is 16.9 Å². The Morgan fingerprint density at radius 1 is 1.65 bits per heavy atom. The monoisotopic (exact) mass is 293 g/mol. The predicted molar refractivity (Wildman–Crippen MR) is 80.2 cm³/mol. The molecule has 5 nitrogen and oxygen atoms in total. The number of rotatable bonds is 5. The van der Waals surface area contributed by atoms with Gasteiger partial charge in [0.15, 0.2) is 5.16 Å². The summed E-state index contributed by atoms with van der Waals surface area (Å²) in [6, 6.07) is -0.106. The summed E-state index contributed by atoms with van der Waals surface area (Å²) in [5.41, 5.74) is 1.54. The standard InChI is InChI=1S/C14H19N3O2S/c1-4-6-15-12(18)7-10-8-20-14-16-9(3)11(5-2)13(19)17(10)14/h4,10H,1,5-8H2,2-3H3,(H,15,18). The molecule has 1 atom stereocenters. The Balaban J connectivity index is 2.26. The highest BCUT2D eigenvalue weighted by atomic mass is 32.2. The Bertz CT molecular complexity index is 595. The molecule has 0 bridgehead atoms. The maximum Gasteiger partial charge on any atom is 0.257 e. The van der Waals surface area contributed by atoms with Crippen molar-refractivity contribution in [3.05, 3.63) is 34.3 Å². The van der Waals surface area contributed by atoms with E-state index in [0.29, 0.717) is 19.4 Å². The third kappa shape index (κ3) is 2.80. The van der Waals surface area contributed by atoms with Gasteiger partial charge in [-0.2, -0.15) is 0 Å². The highest BCUT2D eigenvalue weighted by Crippen LogP contribution is 2.32. The fourth-order valence-electron chi connectivity index (χ4n) is 2.35. The van der Waals surface area contributed by atoms with Gasteiger partial charge < -0.3 is 5.32 Å². The van der Waals surface area contributed by atoms with Gasteiger partial charge in [0, 0.05) is 30.0 Å². The molecule has 1 aliphatic rings. The molecule has 0 spiro atoms. The van der Waals surface area contributed by atoms with Crippen LogP contribution in [0.4, 0.5) is 0 Å². The van der Waals surface area contributed by atoms with Crippen LogP contribution in [0.5, 0.6) is 0 Å². The number of nitrogens with one attached hydrogen (secondary N) is 1. The second-order valence-corrected chi connectivity index (χ2v) is 5.74. The van der Waals surface area contributed by atoms with E-state index in [1.54, 1.807) is 22.4 Å². The van der Waals surface area contributed by atoms with Crippen molar-refractivity contribution in [1.29, 1.82) is 0 Å². The molecule has 108 valence electrons. The molecule has 2 rings (SSSR count). The Labute approximate surface area is 122 Å². The number of hydrogen-bond donors (Lipinski definition) is 1. The zero-order valence-electron chi connectivity index (χ0n) is 11.8. The lowest BCUT2D eigenvalue weighted by Crippen LogP contribution is -2.32. The van der Waals surface area contributed by atoms with Crippen molar-refractivity contribution in [2.75, 3.05) is 12.3 Å². The fourth-order valence-corrected chi connectivity index (χ4v) is 3.53. The summed E-state index contributed by atoms with van der Waals surface area (Å²) in [5, 5.41) is 3.48. The van der Waals surface area contributed by atoms with Crippen LogP contribution >= 0.6 is 11.8 Å². The van der Waals surface area contributed by atoms with Gasteiger partial charge in [0.05, 0.1) is 6.04 Å². The molecular formula is C14H19N3O2S. The Kier molecular flexibility index (Phi) is 4.65. The topological polar surface area (TPSA) is 64.0 Å². The van der Waals surface area contributed by atoms with Crippen LogP contribution in [-0.2, 0) is 11.2 Å². The van der Waals surface area contributed by atoms with Crippen molar-refractivity contribution in [1.82, 2.24) is 14.9 Å². The van der Waals surface area contributed by atoms with E-state index in [1.807, 2.05) is 13.8 Å². The van der Waals surface area contributed by atoms with Gasteiger partial charge in [0.25, 0.3) is 5.56 Å². The maximum atomic E-state index is 12.5. The summed E-state index contributed by atoms with van der Waals surface area (Å²) in [6.45, 7) is 7.83. The highest BCUT2D eigenvalue weighted by molar-refractivity contribution is 7.99. The number of fused-ring (bicyclic) bond motifs is 1. The van der Waals surface area contributed by atoms with Crippen LogP contribution in [0.25, 0.3) is 0 Å². The SMILES string of the molecule is C=CCNC(=O)CC1CSc2nc(C)c(CC)c(=O)n21. The van der Waals surface area contributed by atoms with Crippen LogP contribution in [0.2, 0.25) is 0 Å². The van der Waals surface area contributed by atoms with Gasteiger partial charge in [-0.15, -0.1) is 6.58 Å². The quantitative estimate of drug-likeness (QED) is 0.659. The second kappa shape index (κ2) is 6.26. The van der Waals surface area contributed by atoms with Crippen molar-refractivity contribution in [3.8, 4) is 0 Å². The summed E-state index contributed by atoms with van der Waals surface area (Å²) < 4.78 is 1.68. The number of thioether (sulfide) groups is 1. The first-order valence-corrected chi connectivity index (χ1v) is 7.69. The lowest BCUT2D eigenvalue weighted by atomic mass is 10.1. The van der Waals surface area contributed by atoms with Crippen LogP contribution in [0.3, 0.4) is 0 Å². The summed E-state index contributed by atoms with van der Waals surface area (Å²) >= 11 is 1.54. The first-order chi connectivity index (χ1) is 9.58. The van der Waals surface area contributed by atoms with Crippen LogP contribution in [0.15, 0.2) is 22.6 Å². The van der Waals surface area contributed by atoms with Crippen LogP contribution in [0, 0.1) is 6.92 Å². The lowest BCUT2D eigenvalue weighted by molar-refractivity contribution is -0.121. The van der Waals surface area contributed by atoms with Gasteiger partial charge in [-0.05, 0) is 13.3 Å². The Hall–Kier alpha value is -1.56. The molecule has 20 heavy (non-hydrogen) atoms. The van der Waals surface area contributed by atoms with E-state index in [1.165, 1.54) is 0 Å². The zero-order chi connectivity index (χ0) is 14.7. The van der Waals surface area contributed by atoms with Gasteiger partial charge in [-0.25, -0.2) is 4.98 Å². The molecule has 1 aromatic rings. The lowest BCUT2D eigenvalue weighted by Gasteiger charge is -2.14. The van der Waals surface area contributed by atoms with Crippen molar-refractivity contribution < 1.29 is 4.79 Å². The van der Waals surface area contributed by atoms with E-state index in [-0.39, 0.29) is 17.5 Å². The van der Waals surface area contributed by atoms with Crippen LogP contribution < -0.4 is 10.9 Å². The Morgan fingerprint density at radius 2 is 2.40 bits per heavy atom. The molecule has 6 heteroatoms. The minimum Gasteiger partial charge on any atom is -0.353 e.